The summed E-state index contributed by atoms with van der Waals surface area (Å²) in [7, 11) is 0. The quantitative estimate of drug-likeness (QED) is 0.567. The minimum Gasteiger partial charge on any atom is -0.303 e. The molecule has 0 aliphatic carbocycles. The Labute approximate surface area is 155 Å². The van der Waals surface area contributed by atoms with Crippen LogP contribution < -0.4 is 4.90 Å². The molecule has 1 aliphatic rings. The zero-order valence-corrected chi connectivity index (χ0v) is 15.4. The van der Waals surface area contributed by atoms with Gasteiger partial charge in [0.05, 0.1) is 11.6 Å². The Bertz CT molecular complexity index is 821. The summed E-state index contributed by atoms with van der Waals surface area (Å²) in [5.74, 6) is -1.23. The van der Waals surface area contributed by atoms with Crippen molar-refractivity contribution in [2.24, 2.45) is 11.3 Å². The molecular formula is C20H18BrNO3. The smallest absolute Gasteiger partial charge is 0.238 e. The lowest BCUT2D eigenvalue weighted by Crippen LogP contribution is -2.38. The molecule has 1 aliphatic heterocycles. The average Bonchev–Trinajstić information content (AvgIpc) is 2.92. The second-order valence-corrected chi connectivity index (χ2v) is 7.41. The van der Waals surface area contributed by atoms with Crippen LogP contribution in [0.15, 0.2) is 59.1 Å². The predicted molar refractivity (Wildman–Crippen MR) is 99.1 cm³/mol. The van der Waals surface area contributed by atoms with Gasteiger partial charge in [0, 0.05) is 16.3 Å². The first kappa shape index (κ1) is 17.5. The van der Waals surface area contributed by atoms with Crippen LogP contribution in [0.25, 0.3) is 0 Å². The van der Waals surface area contributed by atoms with E-state index in [1.54, 1.807) is 31.2 Å². The molecule has 0 radical (unpaired) electrons. The fraction of sp³-hybridized carbons (Fsp3) is 0.250. The van der Waals surface area contributed by atoms with E-state index >= 15 is 0 Å². The number of halogens is 1. The molecule has 1 heterocycles. The third kappa shape index (κ3) is 3.29. The van der Waals surface area contributed by atoms with Crippen LogP contribution in [0.4, 0.5) is 5.69 Å². The highest BCUT2D eigenvalue weighted by Gasteiger charge is 2.49. The molecule has 4 nitrogen and oxygen atoms in total. The maximum Gasteiger partial charge on any atom is 0.238 e. The summed E-state index contributed by atoms with van der Waals surface area (Å²) in [5, 5.41) is 0. The molecule has 0 spiro atoms. The number of hydrogen-bond donors (Lipinski definition) is 0. The minimum absolute atomic E-state index is 0.0490. The number of carbonyl (C=O) groups excluding carboxylic acids is 3. The van der Waals surface area contributed by atoms with Crippen LogP contribution in [0.5, 0.6) is 0 Å². The Morgan fingerprint density at radius 3 is 2.40 bits per heavy atom. The molecule has 1 saturated heterocycles. The maximum atomic E-state index is 12.9. The molecular weight excluding hydrogens is 382 g/mol. The summed E-state index contributed by atoms with van der Waals surface area (Å²) in [4.78, 5) is 38.5. The lowest BCUT2D eigenvalue weighted by Gasteiger charge is -2.29. The van der Waals surface area contributed by atoms with E-state index in [0.29, 0.717) is 12.1 Å². The van der Waals surface area contributed by atoms with Gasteiger partial charge in [-0.2, -0.15) is 0 Å². The van der Waals surface area contributed by atoms with Crippen molar-refractivity contribution in [3.8, 4) is 0 Å². The Kier molecular flexibility index (Phi) is 4.86. The Morgan fingerprint density at radius 2 is 1.76 bits per heavy atom. The summed E-state index contributed by atoms with van der Waals surface area (Å²) in [6, 6.07) is 16.5. The zero-order valence-electron chi connectivity index (χ0n) is 13.8. The molecule has 0 saturated carbocycles. The number of imide groups is 1. The molecule has 2 aromatic carbocycles. The van der Waals surface area contributed by atoms with Gasteiger partial charge in [-0.05, 0) is 30.2 Å². The van der Waals surface area contributed by atoms with Gasteiger partial charge in [0.15, 0.2) is 0 Å². The molecule has 3 rings (SSSR count). The van der Waals surface area contributed by atoms with Gasteiger partial charge in [-0.15, -0.1) is 0 Å². The number of carbonyl (C=O) groups is 3. The zero-order chi connectivity index (χ0) is 18.0. The molecule has 2 aromatic rings. The highest BCUT2D eigenvalue weighted by molar-refractivity contribution is 9.10. The first-order valence-electron chi connectivity index (χ1n) is 8.08. The van der Waals surface area contributed by atoms with Gasteiger partial charge in [0.25, 0.3) is 0 Å². The number of hydrogen-bond acceptors (Lipinski definition) is 3. The lowest BCUT2D eigenvalue weighted by molar-refractivity contribution is -0.129. The third-order valence-electron chi connectivity index (χ3n) is 4.76. The van der Waals surface area contributed by atoms with Crippen molar-refractivity contribution in [3.05, 3.63) is 64.6 Å². The molecule has 128 valence electrons. The molecule has 5 heteroatoms. The summed E-state index contributed by atoms with van der Waals surface area (Å²) in [5.41, 5.74) is 0.546. The van der Waals surface area contributed by atoms with Crippen LogP contribution in [0, 0.1) is 11.3 Å². The van der Waals surface area contributed by atoms with Gasteiger partial charge >= 0.3 is 0 Å². The first-order valence-corrected chi connectivity index (χ1v) is 8.87. The molecule has 0 bridgehead atoms. The van der Waals surface area contributed by atoms with E-state index in [9.17, 15) is 14.4 Å². The van der Waals surface area contributed by atoms with Crippen molar-refractivity contribution >= 4 is 39.7 Å². The number of anilines is 1. The Balaban J connectivity index is 1.91. The van der Waals surface area contributed by atoms with E-state index in [0.717, 1.165) is 16.3 Å². The Hall–Kier alpha value is -2.27. The largest absolute Gasteiger partial charge is 0.303 e. The van der Waals surface area contributed by atoms with Gasteiger partial charge in [-0.25, -0.2) is 0 Å². The molecule has 0 aromatic heterocycles. The van der Waals surface area contributed by atoms with E-state index in [-0.39, 0.29) is 18.2 Å². The molecule has 2 atom stereocenters. The molecule has 1 fully saturated rings. The number of benzene rings is 2. The maximum absolute atomic E-state index is 12.9. The van der Waals surface area contributed by atoms with E-state index in [1.165, 1.54) is 4.90 Å². The highest BCUT2D eigenvalue weighted by atomic mass is 79.9. The molecule has 2 amide bonds. The van der Waals surface area contributed by atoms with Crippen LogP contribution in [0.2, 0.25) is 0 Å². The normalized spacial score (nSPS) is 19.8. The van der Waals surface area contributed by atoms with Crippen molar-refractivity contribution in [2.75, 3.05) is 4.90 Å². The number of nitrogens with zero attached hydrogens (tertiary/aromatic N) is 1. The number of aldehydes is 1. The van der Waals surface area contributed by atoms with E-state index in [4.69, 9.17) is 0 Å². The van der Waals surface area contributed by atoms with Gasteiger partial charge in [0.2, 0.25) is 11.8 Å². The van der Waals surface area contributed by atoms with Crippen LogP contribution >= 0.6 is 15.9 Å². The summed E-state index contributed by atoms with van der Waals surface area (Å²) in [6.07, 6.45) is 1.26. The molecule has 0 N–H and O–H groups in total. The van der Waals surface area contributed by atoms with Crippen molar-refractivity contribution in [1.29, 1.82) is 0 Å². The number of rotatable bonds is 5. The first-order chi connectivity index (χ1) is 12.0. The summed E-state index contributed by atoms with van der Waals surface area (Å²) in [6.45, 7) is 1.75. The van der Waals surface area contributed by atoms with Gasteiger partial charge < -0.3 is 4.79 Å². The van der Waals surface area contributed by atoms with Gasteiger partial charge in [-0.3, -0.25) is 14.5 Å². The Morgan fingerprint density at radius 1 is 1.12 bits per heavy atom. The fourth-order valence-electron chi connectivity index (χ4n) is 3.29. The lowest BCUT2D eigenvalue weighted by atomic mass is 9.73. The summed E-state index contributed by atoms with van der Waals surface area (Å²) >= 11 is 3.48. The minimum atomic E-state index is -0.944. The molecule has 25 heavy (non-hydrogen) atoms. The molecule has 0 unspecified atom stereocenters. The third-order valence-corrected chi connectivity index (χ3v) is 5.53. The van der Waals surface area contributed by atoms with Gasteiger partial charge in [-0.1, -0.05) is 59.3 Å². The van der Waals surface area contributed by atoms with Crippen molar-refractivity contribution in [1.82, 2.24) is 0 Å². The second-order valence-electron chi connectivity index (χ2n) is 6.55. The highest BCUT2D eigenvalue weighted by Crippen LogP contribution is 2.40. The van der Waals surface area contributed by atoms with Crippen LogP contribution in [-0.4, -0.2) is 18.1 Å². The predicted octanol–water partition coefficient (Wildman–Crippen LogP) is 3.78. The van der Waals surface area contributed by atoms with Crippen LogP contribution in [0.1, 0.15) is 18.9 Å². The monoisotopic (exact) mass is 399 g/mol. The number of amides is 2. The number of para-hydroxylation sites is 1. The van der Waals surface area contributed by atoms with Crippen molar-refractivity contribution < 1.29 is 14.4 Å². The second kappa shape index (κ2) is 6.92. The van der Waals surface area contributed by atoms with E-state index in [2.05, 4.69) is 15.9 Å². The van der Waals surface area contributed by atoms with Gasteiger partial charge in [0.1, 0.15) is 6.29 Å². The SMILES string of the molecule is C[C@](C=O)(Cc1ccccc1Br)[C@@H]1CC(=O)N(c2ccccc2)C1=O. The van der Waals surface area contributed by atoms with Crippen LogP contribution in [-0.2, 0) is 20.8 Å². The standard InChI is InChI=1S/C20H18BrNO3/c1-20(13-23,12-14-7-5-6-10-17(14)21)16-11-18(24)22(19(16)25)15-8-3-2-4-9-15/h2-10,13,16H,11-12H2,1H3/t16-,20-/m1/s1. The van der Waals surface area contributed by atoms with Crippen LogP contribution in [0.3, 0.4) is 0 Å². The van der Waals surface area contributed by atoms with E-state index < -0.39 is 11.3 Å². The average molecular weight is 400 g/mol. The van der Waals surface area contributed by atoms with Crippen molar-refractivity contribution in [2.45, 2.75) is 19.8 Å². The topological polar surface area (TPSA) is 54.5 Å². The van der Waals surface area contributed by atoms with E-state index in [1.807, 2.05) is 30.3 Å². The fourth-order valence-corrected chi connectivity index (χ4v) is 3.72. The van der Waals surface area contributed by atoms with Crippen molar-refractivity contribution in [3.63, 3.8) is 0 Å². The summed E-state index contributed by atoms with van der Waals surface area (Å²) < 4.78 is 0.889.